The van der Waals surface area contributed by atoms with Crippen molar-refractivity contribution in [2.75, 3.05) is 12.8 Å². The first kappa shape index (κ1) is 13.5. The summed E-state index contributed by atoms with van der Waals surface area (Å²) >= 11 is 1.41. The summed E-state index contributed by atoms with van der Waals surface area (Å²) in [5, 5.41) is 0.967. The summed E-state index contributed by atoms with van der Waals surface area (Å²) < 4.78 is 0. The van der Waals surface area contributed by atoms with Gasteiger partial charge in [-0.25, -0.2) is 4.98 Å². The zero-order chi connectivity index (χ0) is 14.4. The second-order valence-corrected chi connectivity index (χ2v) is 6.58. The van der Waals surface area contributed by atoms with Crippen molar-refractivity contribution >= 4 is 33.5 Å². The average Bonchev–Trinajstić information content (AvgIpc) is 2.81. The first-order valence-corrected chi connectivity index (χ1v) is 7.75. The van der Waals surface area contributed by atoms with Crippen LogP contribution in [-0.4, -0.2) is 18.3 Å². The number of aldehydes is 1. The molecule has 4 N–H and O–H groups in total. The van der Waals surface area contributed by atoms with E-state index in [1.165, 1.54) is 36.1 Å². The van der Waals surface area contributed by atoms with Crippen molar-refractivity contribution in [1.82, 2.24) is 4.98 Å². The third kappa shape index (κ3) is 1.70. The van der Waals surface area contributed by atoms with Gasteiger partial charge in [0.05, 0.1) is 10.6 Å². The van der Waals surface area contributed by atoms with Gasteiger partial charge in [-0.05, 0) is 43.4 Å². The standard InChI is InChI=1S/C14H14N2OS.CH5N/c1-6-7-2-8-4-10-12(15)11(5-17)18-14(10)16-13(8)9(6)3-7;1-2/h4-7,9H,2-3,15H2,1H3;2H2,1H3. The van der Waals surface area contributed by atoms with Crippen LogP contribution in [0.5, 0.6) is 0 Å². The van der Waals surface area contributed by atoms with E-state index in [0.717, 1.165) is 34.8 Å². The van der Waals surface area contributed by atoms with Crippen LogP contribution in [0.25, 0.3) is 10.2 Å². The minimum atomic E-state index is 0.604. The molecule has 1 fully saturated rings. The van der Waals surface area contributed by atoms with E-state index >= 15 is 0 Å². The third-order valence-electron chi connectivity index (χ3n) is 4.74. The monoisotopic (exact) mass is 289 g/mol. The van der Waals surface area contributed by atoms with Crippen molar-refractivity contribution in [3.8, 4) is 0 Å². The number of nitrogens with zero attached hydrogens (tertiary/aromatic N) is 1. The topological polar surface area (TPSA) is 82.0 Å². The lowest BCUT2D eigenvalue weighted by Crippen LogP contribution is -2.39. The number of anilines is 1. The number of fused-ring (bicyclic) bond motifs is 1. The molecule has 0 aromatic carbocycles. The molecular formula is C15H19N3OS. The number of carbonyl (C=O) groups is 1. The molecule has 1 saturated carbocycles. The first-order valence-electron chi connectivity index (χ1n) is 6.93. The van der Waals surface area contributed by atoms with E-state index in [2.05, 4.69) is 18.7 Å². The van der Waals surface area contributed by atoms with E-state index in [0.29, 0.717) is 16.5 Å². The van der Waals surface area contributed by atoms with E-state index < -0.39 is 0 Å². The summed E-state index contributed by atoms with van der Waals surface area (Å²) in [5.74, 6) is 2.23. The van der Waals surface area contributed by atoms with E-state index in [1.54, 1.807) is 0 Å². The Hall–Kier alpha value is -1.46. The number of aromatic nitrogens is 1. The van der Waals surface area contributed by atoms with Gasteiger partial charge in [-0.15, -0.1) is 11.3 Å². The van der Waals surface area contributed by atoms with Gasteiger partial charge in [0.15, 0.2) is 6.29 Å². The van der Waals surface area contributed by atoms with Crippen LogP contribution in [0, 0.1) is 11.8 Å². The Bertz CT molecular complexity index is 679. The fourth-order valence-electron chi connectivity index (χ4n) is 3.49. The molecule has 2 heterocycles. The molecule has 2 aromatic rings. The highest BCUT2D eigenvalue weighted by Gasteiger charge is 2.44. The van der Waals surface area contributed by atoms with Gasteiger partial charge in [0.2, 0.25) is 0 Å². The number of nitrogens with two attached hydrogens (primary N) is 2. The van der Waals surface area contributed by atoms with Crippen molar-refractivity contribution in [2.24, 2.45) is 17.6 Å². The van der Waals surface area contributed by atoms with Crippen molar-refractivity contribution in [1.29, 1.82) is 0 Å². The molecule has 5 rings (SSSR count). The second-order valence-electron chi connectivity index (χ2n) is 5.55. The van der Waals surface area contributed by atoms with Gasteiger partial charge >= 0.3 is 0 Å². The zero-order valence-electron chi connectivity index (χ0n) is 11.7. The largest absolute Gasteiger partial charge is 0.397 e. The van der Waals surface area contributed by atoms with Crippen LogP contribution in [0.3, 0.4) is 0 Å². The van der Waals surface area contributed by atoms with Crippen molar-refractivity contribution in [3.63, 3.8) is 0 Å². The molecule has 0 amide bonds. The van der Waals surface area contributed by atoms with Crippen LogP contribution < -0.4 is 11.5 Å². The average molecular weight is 289 g/mol. The van der Waals surface area contributed by atoms with Crippen LogP contribution >= 0.6 is 11.3 Å². The van der Waals surface area contributed by atoms with Gasteiger partial charge in [0.1, 0.15) is 4.83 Å². The van der Waals surface area contributed by atoms with E-state index in [1.807, 2.05) is 0 Å². The maximum atomic E-state index is 10.9. The van der Waals surface area contributed by atoms with Crippen LogP contribution in [0.2, 0.25) is 0 Å². The van der Waals surface area contributed by atoms with Crippen molar-refractivity contribution < 1.29 is 4.79 Å². The minimum absolute atomic E-state index is 0.604. The smallest absolute Gasteiger partial charge is 0.162 e. The van der Waals surface area contributed by atoms with Gasteiger partial charge in [-0.1, -0.05) is 6.92 Å². The summed E-state index contributed by atoms with van der Waals surface area (Å²) in [6.07, 6.45) is 3.25. The third-order valence-corrected chi connectivity index (χ3v) is 5.78. The summed E-state index contributed by atoms with van der Waals surface area (Å²) in [7, 11) is 1.50. The predicted octanol–water partition coefficient (Wildman–Crippen LogP) is 2.56. The molecule has 0 aliphatic heterocycles. The Morgan fingerprint density at radius 2 is 2.20 bits per heavy atom. The number of rotatable bonds is 1. The number of hydrogen-bond donors (Lipinski definition) is 2. The summed E-state index contributed by atoms with van der Waals surface area (Å²) in [4.78, 5) is 17.3. The molecular weight excluding hydrogens is 270 g/mol. The van der Waals surface area contributed by atoms with Crippen LogP contribution in [0.15, 0.2) is 6.07 Å². The van der Waals surface area contributed by atoms with E-state index in [4.69, 9.17) is 10.7 Å². The molecule has 3 atom stereocenters. The molecule has 3 aliphatic carbocycles. The normalized spacial score (nSPS) is 26.2. The molecule has 106 valence electrons. The van der Waals surface area contributed by atoms with Gasteiger partial charge in [-0.3, -0.25) is 4.79 Å². The molecule has 5 heteroatoms. The van der Waals surface area contributed by atoms with E-state index in [9.17, 15) is 4.79 Å². The number of thiophene rings is 1. The first-order chi connectivity index (χ1) is 9.69. The highest BCUT2D eigenvalue weighted by atomic mass is 32.1. The maximum Gasteiger partial charge on any atom is 0.162 e. The molecule has 4 nitrogen and oxygen atoms in total. The van der Waals surface area contributed by atoms with Crippen molar-refractivity contribution in [3.05, 3.63) is 22.2 Å². The van der Waals surface area contributed by atoms with Gasteiger partial charge in [0, 0.05) is 17.0 Å². The van der Waals surface area contributed by atoms with Gasteiger partial charge in [0.25, 0.3) is 0 Å². The number of carbonyl (C=O) groups excluding carboxylic acids is 1. The summed E-state index contributed by atoms with van der Waals surface area (Å²) in [5.41, 5.74) is 13.7. The lowest BCUT2D eigenvalue weighted by atomic mass is 9.57. The van der Waals surface area contributed by atoms with Crippen LogP contribution in [0.1, 0.15) is 40.2 Å². The molecule has 2 aromatic heterocycles. The Balaban J connectivity index is 0.000000581. The lowest BCUT2D eigenvalue weighted by Gasteiger charge is -2.48. The molecule has 3 unspecified atom stereocenters. The Kier molecular flexibility index (Phi) is 3.26. The SMILES string of the molecule is CC1C2Cc3cc4c(N)c(C=O)sc4nc3C1C2.CN. The highest BCUT2D eigenvalue weighted by molar-refractivity contribution is 7.20. The Morgan fingerprint density at radius 1 is 1.45 bits per heavy atom. The van der Waals surface area contributed by atoms with Gasteiger partial charge in [-0.2, -0.15) is 0 Å². The zero-order valence-corrected chi connectivity index (χ0v) is 12.5. The molecule has 0 spiro atoms. The molecule has 0 radical (unpaired) electrons. The maximum absolute atomic E-state index is 10.9. The Labute approximate surface area is 122 Å². The van der Waals surface area contributed by atoms with Crippen molar-refractivity contribution in [2.45, 2.75) is 25.7 Å². The Morgan fingerprint density at radius 3 is 2.85 bits per heavy atom. The molecule has 2 bridgehead atoms. The molecule has 3 aliphatic rings. The second kappa shape index (κ2) is 4.82. The number of pyridine rings is 1. The van der Waals surface area contributed by atoms with Crippen LogP contribution in [-0.2, 0) is 6.42 Å². The minimum Gasteiger partial charge on any atom is -0.397 e. The quantitative estimate of drug-likeness (QED) is 0.790. The number of nitrogen functional groups attached to an aromatic ring is 1. The van der Waals surface area contributed by atoms with Gasteiger partial charge < -0.3 is 11.5 Å². The predicted molar refractivity (Wildman–Crippen MR) is 83.2 cm³/mol. The fourth-order valence-corrected chi connectivity index (χ4v) is 4.39. The summed E-state index contributed by atoms with van der Waals surface area (Å²) in [6.45, 7) is 2.33. The fraction of sp³-hybridized carbons (Fsp3) is 0.467. The highest BCUT2D eigenvalue weighted by Crippen LogP contribution is 2.54. The number of hydrogen-bond acceptors (Lipinski definition) is 5. The molecule has 0 saturated heterocycles. The summed E-state index contributed by atoms with van der Waals surface area (Å²) in [6, 6.07) is 2.17. The van der Waals surface area contributed by atoms with E-state index in [-0.39, 0.29) is 0 Å². The van der Waals surface area contributed by atoms with Crippen LogP contribution in [0.4, 0.5) is 5.69 Å². The molecule has 20 heavy (non-hydrogen) atoms. The lowest BCUT2D eigenvalue weighted by molar-refractivity contribution is 0.112.